The largest absolute Gasteiger partial charge is 0.477 e. The Morgan fingerprint density at radius 2 is 1.81 bits per heavy atom. The molecule has 2 N–H and O–H groups in total. The first kappa shape index (κ1) is 20.6. The highest BCUT2D eigenvalue weighted by Gasteiger charge is 2.34. The molecule has 9 heteroatoms. The molecule has 1 aliphatic heterocycles. The van der Waals surface area contributed by atoms with Crippen LogP contribution >= 0.6 is 11.8 Å². The van der Waals surface area contributed by atoms with Crippen molar-refractivity contribution in [1.29, 1.82) is 0 Å². The van der Waals surface area contributed by atoms with Gasteiger partial charge in [0.05, 0.1) is 24.5 Å². The van der Waals surface area contributed by atoms with E-state index in [0.717, 1.165) is 29.4 Å². The van der Waals surface area contributed by atoms with E-state index in [1.165, 1.54) is 11.8 Å². The fourth-order valence-corrected chi connectivity index (χ4v) is 4.61. The number of hydrogen-bond donors (Lipinski definition) is 1. The smallest absolute Gasteiger partial charge is 0.260 e. The van der Waals surface area contributed by atoms with Gasteiger partial charge in [-0.1, -0.05) is 54.2 Å². The Morgan fingerprint density at radius 1 is 1.06 bits per heavy atom. The van der Waals surface area contributed by atoms with E-state index in [4.69, 9.17) is 10.5 Å². The average molecular weight is 450 g/mol. The van der Waals surface area contributed by atoms with Crippen LogP contribution in [0.15, 0.2) is 59.8 Å². The van der Waals surface area contributed by atoms with Gasteiger partial charge in [0.25, 0.3) is 5.91 Å². The Bertz CT molecular complexity index is 1150. The maximum absolute atomic E-state index is 13.2. The van der Waals surface area contributed by atoms with Gasteiger partial charge in [0, 0.05) is 5.92 Å². The van der Waals surface area contributed by atoms with E-state index in [-0.39, 0.29) is 18.2 Å². The number of nitrogens with two attached hydrogens (primary N) is 1. The highest BCUT2D eigenvalue weighted by molar-refractivity contribution is 7.99. The monoisotopic (exact) mass is 449 g/mol. The van der Waals surface area contributed by atoms with Gasteiger partial charge in [-0.25, -0.2) is 0 Å². The van der Waals surface area contributed by atoms with Crippen molar-refractivity contribution < 1.29 is 14.3 Å². The number of benzene rings is 2. The molecule has 164 valence electrons. The summed E-state index contributed by atoms with van der Waals surface area (Å²) in [6, 6.07) is 17.3. The maximum Gasteiger partial charge on any atom is 0.260 e. The van der Waals surface area contributed by atoms with E-state index < -0.39 is 12.0 Å². The number of hydrogen-bond acceptors (Lipinski definition) is 6. The molecule has 2 heterocycles. The summed E-state index contributed by atoms with van der Waals surface area (Å²) in [7, 11) is 0. The molecular formula is C23H23N5O3S. The molecule has 0 radical (unpaired) electrons. The van der Waals surface area contributed by atoms with E-state index in [1.54, 1.807) is 23.1 Å². The van der Waals surface area contributed by atoms with Crippen molar-refractivity contribution in [3.8, 4) is 5.75 Å². The van der Waals surface area contributed by atoms with Crippen molar-refractivity contribution in [1.82, 2.24) is 14.8 Å². The molecule has 1 aromatic heterocycles. The number of carbonyl (C=O) groups excluding carboxylic acids is 2. The minimum atomic E-state index is -0.873. The Morgan fingerprint density at radius 3 is 2.56 bits per heavy atom. The van der Waals surface area contributed by atoms with Crippen LogP contribution in [-0.2, 0) is 16.1 Å². The van der Waals surface area contributed by atoms with E-state index in [1.807, 2.05) is 24.3 Å². The number of carbonyl (C=O) groups is 2. The second-order valence-corrected chi connectivity index (χ2v) is 8.90. The van der Waals surface area contributed by atoms with Gasteiger partial charge in [0.2, 0.25) is 5.91 Å². The number of fused-ring (bicyclic) bond motifs is 1. The molecule has 2 aromatic carbocycles. The van der Waals surface area contributed by atoms with E-state index in [2.05, 4.69) is 26.9 Å². The van der Waals surface area contributed by atoms with Crippen LogP contribution < -0.4 is 15.4 Å². The summed E-state index contributed by atoms with van der Waals surface area (Å²) in [6.45, 7) is 0.760. The molecular weight excluding hydrogens is 426 g/mol. The Labute approximate surface area is 189 Å². The molecule has 0 bridgehead atoms. The van der Waals surface area contributed by atoms with Gasteiger partial charge in [0.1, 0.15) is 11.6 Å². The van der Waals surface area contributed by atoms with Crippen LogP contribution in [0.25, 0.3) is 0 Å². The number of anilines is 1. The van der Waals surface area contributed by atoms with Crippen LogP contribution in [0.2, 0.25) is 0 Å². The van der Waals surface area contributed by atoms with Gasteiger partial charge in [-0.3, -0.25) is 9.59 Å². The summed E-state index contributed by atoms with van der Waals surface area (Å²) < 4.78 is 7.77. The maximum atomic E-state index is 13.2. The van der Waals surface area contributed by atoms with Crippen molar-refractivity contribution in [2.24, 2.45) is 5.73 Å². The number of primary amides is 1. The number of para-hydroxylation sites is 2. The third kappa shape index (κ3) is 4.20. The zero-order valence-electron chi connectivity index (χ0n) is 17.4. The molecule has 0 unspecified atom stereocenters. The lowest BCUT2D eigenvalue weighted by atomic mass is 10.2. The number of thioether (sulfide) groups is 1. The fraction of sp³-hybridized carbons (Fsp3) is 0.304. The summed E-state index contributed by atoms with van der Waals surface area (Å²) in [5.74, 6) is 1.33. The van der Waals surface area contributed by atoms with Crippen LogP contribution in [-0.4, -0.2) is 45.0 Å². The molecule has 2 aliphatic rings. The molecule has 1 fully saturated rings. The van der Waals surface area contributed by atoms with E-state index in [9.17, 15) is 9.59 Å². The summed E-state index contributed by atoms with van der Waals surface area (Å²) in [5.41, 5.74) is 7.25. The van der Waals surface area contributed by atoms with Gasteiger partial charge in [0.15, 0.2) is 11.3 Å². The number of amides is 2. The number of rotatable bonds is 7. The summed E-state index contributed by atoms with van der Waals surface area (Å²) in [5, 5.41) is 9.53. The Balaban J connectivity index is 1.35. The topological polar surface area (TPSA) is 103 Å². The molecule has 5 rings (SSSR count). The second-order valence-electron chi connectivity index (χ2n) is 7.96. The van der Waals surface area contributed by atoms with Crippen molar-refractivity contribution >= 4 is 29.3 Å². The van der Waals surface area contributed by atoms with Crippen LogP contribution in [0.5, 0.6) is 5.75 Å². The summed E-state index contributed by atoms with van der Waals surface area (Å²) in [6.07, 6.45) is 1.37. The first-order chi connectivity index (χ1) is 15.6. The Hall–Kier alpha value is -3.33. The molecule has 0 spiro atoms. The van der Waals surface area contributed by atoms with Gasteiger partial charge in [-0.15, -0.1) is 10.2 Å². The van der Waals surface area contributed by atoms with Crippen LogP contribution in [0.4, 0.5) is 5.69 Å². The second kappa shape index (κ2) is 8.66. The van der Waals surface area contributed by atoms with Crippen LogP contribution in [0.1, 0.15) is 30.1 Å². The molecule has 8 nitrogen and oxygen atoms in total. The number of aromatic nitrogens is 3. The molecule has 3 aromatic rings. The van der Waals surface area contributed by atoms with Gasteiger partial charge >= 0.3 is 0 Å². The van der Waals surface area contributed by atoms with Gasteiger partial charge in [-0.05, 0) is 30.5 Å². The Kier molecular flexibility index (Phi) is 5.57. The van der Waals surface area contributed by atoms with Crippen molar-refractivity contribution in [3.63, 3.8) is 0 Å². The zero-order valence-corrected chi connectivity index (χ0v) is 18.2. The molecule has 1 saturated carbocycles. The minimum absolute atomic E-state index is 0.0930. The predicted molar refractivity (Wildman–Crippen MR) is 121 cm³/mol. The van der Waals surface area contributed by atoms with Crippen molar-refractivity contribution in [2.45, 2.75) is 36.6 Å². The predicted octanol–water partition coefficient (Wildman–Crippen LogP) is 2.58. The number of ether oxygens (including phenoxy) is 1. The van der Waals surface area contributed by atoms with E-state index in [0.29, 0.717) is 23.9 Å². The lowest BCUT2D eigenvalue weighted by molar-refractivity contribution is -0.125. The molecule has 1 aliphatic carbocycles. The first-order valence-corrected chi connectivity index (χ1v) is 11.5. The quantitative estimate of drug-likeness (QED) is 0.556. The summed E-state index contributed by atoms with van der Waals surface area (Å²) in [4.78, 5) is 26.5. The third-order valence-electron chi connectivity index (χ3n) is 5.59. The highest BCUT2D eigenvalue weighted by Crippen LogP contribution is 2.40. The third-order valence-corrected chi connectivity index (χ3v) is 6.54. The highest BCUT2D eigenvalue weighted by atomic mass is 32.2. The fourth-order valence-electron chi connectivity index (χ4n) is 3.79. The first-order valence-electron chi connectivity index (χ1n) is 10.6. The van der Waals surface area contributed by atoms with Crippen LogP contribution in [0, 0.1) is 0 Å². The molecule has 1 atom stereocenters. The molecule has 0 saturated heterocycles. The van der Waals surface area contributed by atoms with Crippen molar-refractivity contribution in [3.05, 3.63) is 66.0 Å². The lowest BCUT2D eigenvalue weighted by Crippen LogP contribution is -2.49. The summed E-state index contributed by atoms with van der Waals surface area (Å²) >= 11 is 1.36. The average Bonchev–Trinajstić information content (AvgIpc) is 3.58. The van der Waals surface area contributed by atoms with Gasteiger partial charge in [-0.2, -0.15) is 0 Å². The standard InChI is InChI=1S/C23H23N5O3S/c24-21(30)19-13-27(17-8-4-5-9-18(17)31-19)20(29)14-32-23-26-25-22(16-10-11-16)28(23)12-15-6-2-1-3-7-15/h1-9,16,19H,10-14H2,(H2,24,30)/t19-/m1/s1. The van der Waals surface area contributed by atoms with Crippen LogP contribution in [0.3, 0.4) is 0 Å². The normalized spacial score (nSPS) is 17.5. The molecule has 32 heavy (non-hydrogen) atoms. The molecule has 2 amide bonds. The lowest BCUT2D eigenvalue weighted by Gasteiger charge is -2.33. The van der Waals surface area contributed by atoms with Gasteiger partial charge < -0.3 is 19.9 Å². The number of nitrogens with zero attached hydrogens (tertiary/aromatic N) is 4. The zero-order chi connectivity index (χ0) is 22.1. The van der Waals surface area contributed by atoms with Crippen molar-refractivity contribution in [2.75, 3.05) is 17.2 Å². The van der Waals surface area contributed by atoms with E-state index >= 15 is 0 Å². The minimum Gasteiger partial charge on any atom is -0.477 e. The SMILES string of the molecule is NC(=O)[C@H]1CN(C(=O)CSc2nnc(C3CC3)n2Cc2ccccc2)c2ccccc2O1.